The summed E-state index contributed by atoms with van der Waals surface area (Å²) in [6.45, 7) is 3.81. The Hall–Kier alpha value is -1.11. The van der Waals surface area contributed by atoms with Crippen molar-refractivity contribution in [3.05, 3.63) is 11.6 Å². The molecule has 7 heteroatoms. The predicted octanol–water partition coefficient (Wildman–Crippen LogP) is 2.04. The van der Waals surface area contributed by atoms with Gasteiger partial charge in [0, 0.05) is 18.4 Å². The molecule has 1 unspecified atom stereocenters. The van der Waals surface area contributed by atoms with Crippen LogP contribution < -0.4 is 5.32 Å². The number of nitrogens with one attached hydrogen (secondary N) is 1. The van der Waals surface area contributed by atoms with Gasteiger partial charge in [0.25, 0.3) is 0 Å². The fourth-order valence-electron chi connectivity index (χ4n) is 3.24. The van der Waals surface area contributed by atoms with Crippen molar-refractivity contribution in [1.82, 2.24) is 20.1 Å². The van der Waals surface area contributed by atoms with Crippen LogP contribution in [0, 0.1) is 5.92 Å². The van der Waals surface area contributed by atoms with Crippen LogP contribution in [0.1, 0.15) is 37.8 Å². The number of alkyl halides is 3. The monoisotopic (exact) mass is 288 g/mol. The van der Waals surface area contributed by atoms with Gasteiger partial charge in [0.2, 0.25) is 0 Å². The number of hydrogen-bond donors (Lipinski definition) is 1. The summed E-state index contributed by atoms with van der Waals surface area (Å²) >= 11 is 0. The summed E-state index contributed by atoms with van der Waals surface area (Å²) in [7, 11) is 0. The van der Waals surface area contributed by atoms with Crippen LogP contribution >= 0.6 is 0 Å². The molecule has 3 heterocycles. The molecule has 1 fully saturated rings. The molecule has 0 amide bonds. The van der Waals surface area contributed by atoms with E-state index < -0.39 is 12.1 Å². The van der Waals surface area contributed by atoms with Crippen LogP contribution in [0.25, 0.3) is 0 Å². The maximum absolute atomic E-state index is 12.9. The van der Waals surface area contributed by atoms with Crippen molar-refractivity contribution in [1.29, 1.82) is 0 Å². The van der Waals surface area contributed by atoms with Crippen molar-refractivity contribution in [2.45, 2.75) is 50.7 Å². The summed E-state index contributed by atoms with van der Waals surface area (Å²) in [6.07, 6.45) is -1.86. The first-order chi connectivity index (χ1) is 9.40. The summed E-state index contributed by atoms with van der Waals surface area (Å²) in [5.74, 6) is 0.179. The van der Waals surface area contributed by atoms with Gasteiger partial charge in [0.05, 0.1) is 5.92 Å². The molecule has 112 valence electrons. The van der Waals surface area contributed by atoms with Gasteiger partial charge in [-0.3, -0.25) is 0 Å². The van der Waals surface area contributed by atoms with E-state index in [9.17, 15) is 13.2 Å². The Labute approximate surface area is 115 Å². The van der Waals surface area contributed by atoms with Gasteiger partial charge in [-0.15, -0.1) is 10.2 Å². The molecule has 1 atom stereocenters. The molecule has 0 spiro atoms. The minimum absolute atomic E-state index is 0.0236. The number of hydrogen-bond acceptors (Lipinski definition) is 3. The highest BCUT2D eigenvalue weighted by atomic mass is 19.4. The number of aromatic nitrogens is 3. The Balaban J connectivity index is 1.91. The summed E-state index contributed by atoms with van der Waals surface area (Å²) in [5, 5.41) is 11.6. The van der Waals surface area contributed by atoms with Crippen molar-refractivity contribution < 1.29 is 13.2 Å². The first kappa shape index (κ1) is 13.9. The standard InChI is InChI=1S/C13H19F3N4/c1-12(4-6-17-7-5-12)11-19-18-10-3-2-9(8-20(10)11)13(14,15)16/h9,17H,2-8H2,1H3. The second kappa shape index (κ2) is 4.72. The first-order valence-electron chi connectivity index (χ1n) is 7.10. The molecule has 0 bridgehead atoms. The fraction of sp³-hybridized carbons (Fsp3) is 0.846. The zero-order chi connectivity index (χ0) is 14.4. The van der Waals surface area contributed by atoms with E-state index in [0.29, 0.717) is 12.2 Å². The van der Waals surface area contributed by atoms with Crippen molar-refractivity contribution in [3.63, 3.8) is 0 Å². The van der Waals surface area contributed by atoms with E-state index in [1.807, 2.05) is 0 Å². The number of rotatable bonds is 1. The van der Waals surface area contributed by atoms with Crippen molar-refractivity contribution in [3.8, 4) is 0 Å². The molecule has 1 aromatic rings. The zero-order valence-corrected chi connectivity index (χ0v) is 11.5. The highest BCUT2D eigenvalue weighted by molar-refractivity contribution is 5.13. The van der Waals surface area contributed by atoms with Crippen LogP contribution in [0.5, 0.6) is 0 Å². The highest BCUT2D eigenvalue weighted by Crippen LogP contribution is 2.38. The SMILES string of the molecule is CC1(c2nnc3n2CC(C(F)(F)F)CC3)CCNCC1. The van der Waals surface area contributed by atoms with Crippen LogP contribution in [-0.4, -0.2) is 34.0 Å². The molecule has 0 aliphatic carbocycles. The Morgan fingerprint density at radius 1 is 1.25 bits per heavy atom. The Bertz CT molecular complexity index is 488. The van der Waals surface area contributed by atoms with E-state index in [1.165, 1.54) is 0 Å². The number of halogens is 3. The number of nitrogens with zero attached hydrogens (tertiary/aromatic N) is 3. The fourth-order valence-corrected chi connectivity index (χ4v) is 3.24. The quantitative estimate of drug-likeness (QED) is 0.860. The molecule has 0 aromatic carbocycles. The Morgan fingerprint density at radius 3 is 2.60 bits per heavy atom. The van der Waals surface area contributed by atoms with Crippen molar-refractivity contribution in [2.24, 2.45) is 5.92 Å². The third kappa shape index (κ3) is 2.32. The third-order valence-electron chi connectivity index (χ3n) is 4.66. The van der Waals surface area contributed by atoms with Crippen LogP contribution in [0.2, 0.25) is 0 Å². The molecule has 1 saturated heterocycles. The topological polar surface area (TPSA) is 42.7 Å². The Morgan fingerprint density at radius 2 is 1.95 bits per heavy atom. The largest absolute Gasteiger partial charge is 0.393 e. The molecule has 2 aliphatic rings. The lowest BCUT2D eigenvalue weighted by Gasteiger charge is -2.35. The molecule has 1 N–H and O–H groups in total. The van der Waals surface area contributed by atoms with Crippen molar-refractivity contribution >= 4 is 0 Å². The van der Waals surface area contributed by atoms with Gasteiger partial charge in [0.15, 0.2) is 0 Å². The van der Waals surface area contributed by atoms with E-state index in [1.54, 1.807) is 4.57 Å². The molecule has 2 aliphatic heterocycles. The van der Waals surface area contributed by atoms with Gasteiger partial charge in [-0.1, -0.05) is 6.92 Å². The average molecular weight is 288 g/mol. The lowest BCUT2D eigenvalue weighted by atomic mass is 9.80. The number of fused-ring (bicyclic) bond motifs is 1. The number of piperidine rings is 1. The molecular formula is C13H19F3N4. The average Bonchev–Trinajstić information content (AvgIpc) is 2.82. The molecule has 1 aromatic heterocycles. The van der Waals surface area contributed by atoms with Crippen molar-refractivity contribution in [2.75, 3.05) is 13.1 Å². The van der Waals surface area contributed by atoms with Gasteiger partial charge in [-0.05, 0) is 32.4 Å². The molecule has 4 nitrogen and oxygen atoms in total. The molecule has 0 saturated carbocycles. The third-order valence-corrected chi connectivity index (χ3v) is 4.66. The lowest BCUT2D eigenvalue weighted by Crippen LogP contribution is -2.41. The lowest BCUT2D eigenvalue weighted by molar-refractivity contribution is -0.182. The van der Waals surface area contributed by atoms with Gasteiger partial charge in [-0.2, -0.15) is 13.2 Å². The first-order valence-corrected chi connectivity index (χ1v) is 7.10. The molecule has 20 heavy (non-hydrogen) atoms. The predicted molar refractivity (Wildman–Crippen MR) is 67.3 cm³/mol. The summed E-state index contributed by atoms with van der Waals surface area (Å²) in [6, 6.07) is 0. The summed E-state index contributed by atoms with van der Waals surface area (Å²) in [4.78, 5) is 0. The van der Waals surface area contributed by atoms with E-state index in [4.69, 9.17) is 0 Å². The summed E-state index contributed by atoms with van der Waals surface area (Å²) in [5.41, 5.74) is -0.163. The van der Waals surface area contributed by atoms with E-state index in [2.05, 4.69) is 22.4 Å². The minimum Gasteiger partial charge on any atom is -0.317 e. The van der Waals surface area contributed by atoms with Crippen LogP contribution in [0.4, 0.5) is 13.2 Å². The van der Waals surface area contributed by atoms with E-state index in [0.717, 1.165) is 31.8 Å². The van der Waals surface area contributed by atoms with Crippen LogP contribution in [-0.2, 0) is 18.4 Å². The highest BCUT2D eigenvalue weighted by Gasteiger charge is 2.44. The van der Waals surface area contributed by atoms with Gasteiger partial charge < -0.3 is 9.88 Å². The van der Waals surface area contributed by atoms with E-state index in [-0.39, 0.29) is 18.4 Å². The van der Waals surface area contributed by atoms with Gasteiger partial charge in [-0.25, -0.2) is 0 Å². The molecular weight excluding hydrogens is 269 g/mol. The smallest absolute Gasteiger partial charge is 0.317 e. The number of aryl methyl sites for hydroxylation is 1. The maximum atomic E-state index is 12.9. The van der Waals surface area contributed by atoms with Crippen LogP contribution in [0.15, 0.2) is 0 Å². The Kier molecular flexibility index (Phi) is 3.27. The molecule has 0 radical (unpaired) electrons. The maximum Gasteiger partial charge on any atom is 0.393 e. The minimum atomic E-state index is -4.13. The van der Waals surface area contributed by atoms with Gasteiger partial charge in [0.1, 0.15) is 11.6 Å². The van der Waals surface area contributed by atoms with E-state index >= 15 is 0 Å². The van der Waals surface area contributed by atoms with Gasteiger partial charge >= 0.3 is 6.18 Å². The normalized spacial score (nSPS) is 26.3. The zero-order valence-electron chi connectivity index (χ0n) is 11.5. The summed E-state index contributed by atoms with van der Waals surface area (Å²) < 4.78 is 40.6. The second-order valence-corrected chi connectivity index (χ2v) is 6.14. The van der Waals surface area contributed by atoms with Crippen LogP contribution in [0.3, 0.4) is 0 Å². The molecule has 3 rings (SSSR count). The second-order valence-electron chi connectivity index (χ2n) is 6.14.